The normalized spacial score (nSPS) is 17.8. The number of likely N-dealkylation sites (tertiary alicyclic amines) is 1. The second kappa shape index (κ2) is 8.05. The lowest BCUT2D eigenvalue weighted by atomic mass is 9.97. The predicted octanol–water partition coefficient (Wildman–Crippen LogP) is -0.196. The molecular formula is C17H23N7O2. The maximum Gasteiger partial charge on any atom is 0.251 e. The minimum absolute atomic E-state index is 0.0818. The molecule has 9 nitrogen and oxygen atoms in total. The molecule has 2 aromatic rings. The smallest absolute Gasteiger partial charge is 0.251 e. The van der Waals surface area contributed by atoms with Crippen LogP contribution >= 0.6 is 0 Å². The number of benzene rings is 1. The molecule has 0 aliphatic carbocycles. The SMILES string of the molecule is Cn1nnc(-c2ccc(C(=O)NCCN3CCCC(C(N)=O)C3)cc2)n1. The minimum atomic E-state index is -0.239. The van der Waals surface area contributed by atoms with Crippen LogP contribution in [-0.4, -0.2) is 63.1 Å². The van der Waals surface area contributed by atoms with Crippen molar-refractivity contribution in [3.63, 3.8) is 0 Å². The van der Waals surface area contributed by atoms with Gasteiger partial charge < -0.3 is 16.0 Å². The van der Waals surface area contributed by atoms with E-state index in [1.807, 2.05) is 0 Å². The lowest BCUT2D eigenvalue weighted by Crippen LogP contribution is -2.44. The van der Waals surface area contributed by atoms with Gasteiger partial charge in [-0.25, -0.2) is 0 Å². The number of piperidine rings is 1. The van der Waals surface area contributed by atoms with Gasteiger partial charge in [-0.3, -0.25) is 9.59 Å². The van der Waals surface area contributed by atoms with Gasteiger partial charge in [-0.15, -0.1) is 10.2 Å². The second-order valence-corrected chi connectivity index (χ2v) is 6.48. The van der Waals surface area contributed by atoms with Crippen LogP contribution in [0.2, 0.25) is 0 Å². The minimum Gasteiger partial charge on any atom is -0.369 e. The number of amides is 2. The number of nitrogens with zero attached hydrogens (tertiary/aromatic N) is 5. The Hall–Kier alpha value is -2.81. The van der Waals surface area contributed by atoms with E-state index in [1.165, 1.54) is 4.80 Å². The lowest BCUT2D eigenvalue weighted by molar-refractivity contribution is -0.123. The Bertz CT molecular complexity index is 772. The van der Waals surface area contributed by atoms with Crippen LogP contribution in [0.15, 0.2) is 24.3 Å². The van der Waals surface area contributed by atoms with Crippen molar-refractivity contribution in [3.05, 3.63) is 29.8 Å². The monoisotopic (exact) mass is 357 g/mol. The van der Waals surface area contributed by atoms with Crippen LogP contribution in [0, 0.1) is 5.92 Å². The van der Waals surface area contributed by atoms with E-state index in [4.69, 9.17) is 5.73 Å². The first-order valence-electron chi connectivity index (χ1n) is 8.67. The number of rotatable bonds is 6. The first-order valence-corrected chi connectivity index (χ1v) is 8.67. The molecule has 1 saturated heterocycles. The molecule has 26 heavy (non-hydrogen) atoms. The van der Waals surface area contributed by atoms with Gasteiger partial charge in [0.25, 0.3) is 5.91 Å². The topological polar surface area (TPSA) is 119 Å². The van der Waals surface area contributed by atoms with Gasteiger partial charge in [0.15, 0.2) is 0 Å². The highest BCUT2D eigenvalue weighted by molar-refractivity contribution is 5.94. The van der Waals surface area contributed by atoms with Gasteiger partial charge in [-0.2, -0.15) is 4.80 Å². The maximum atomic E-state index is 12.3. The molecule has 138 valence electrons. The van der Waals surface area contributed by atoms with Crippen LogP contribution in [-0.2, 0) is 11.8 Å². The Balaban J connectivity index is 1.48. The molecule has 0 radical (unpaired) electrons. The van der Waals surface area contributed by atoms with E-state index in [9.17, 15) is 9.59 Å². The Labute approximate surface area is 151 Å². The van der Waals surface area contributed by atoms with Crippen molar-refractivity contribution in [1.82, 2.24) is 30.4 Å². The molecule has 2 amide bonds. The van der Waals surface area contributed by atoms with E-state index in [0.29, 0.717) is 31.0 Å². The average molecular weight is 357 g/mol. The summed E-state index contributed by atoms with van der Waals surface area (Å²) in [6.07, 6.45) is 1.81. The molecule has 1 aliphatic rings. The van der Waals surface area contributed by atoms with E-state index in [1.54, 1.807) is 31.3 Å². The Morgan fingerprint density at radius 2 is 2.08 bits per heavy atom. The highest BCUT2D eigenvalue weighted by atomic mass is 16.2. The van der Waals surface area contributed by atoms with Crippen molar-refractivity contribution in [3.8, 4) is 11.4 Å². The van der Waals surface area contributed by atoms with Crippen molar-refractivity contribution in [1.29, 1.82) is 0 Å². The molecule has 9 heteroatoms. The number of carbonyl (C=O) groups excluding carboxylic acids is 2. The number of hydrogen-bond acceptors (Lipinski definition) is 6. The van der Waals surface area contributed by atoms with E-state index < -0.39 is 0 Å². The maximum absolute atomic E-state index is 12.3. The quantitative estimate of drug-likeness (QED) is 0.739. The molecule has 0 bridgehead atoms. The third kappa shape index (κ3) is 4.42. The average Bonchev–Trinajstić information content (AvgIpc) is 3.08. The third-order valence-electron chi connectivity index (χ3n) is 4.54. The van der Waals surface area contributed by atoms with Crippen molar-refractivity contribution in [2.24, 2.45) is 18.7 Å². The van der Waals surface area contributed by atoms with Gasteiger partial charge >= 0.3 is 0 Å². The lowest BCUT2D eigenvalue weighted by Gasteiger charge is -2.31. The van der Waals surface area contributed by atoms with Crippen LogP contribution < -0.4 is 11.1 Å². The fourth-order valence-corrected chi connectivity index (χ4v) is 3.09. The zero-order valence-electron chi connectivity index (χ0n) is 14.8. The third-order valence-corrected chi connectivity index (χ3v) is 4.54. The Morgan fingerprint density at radius 1 is 1.31 bits per heavy atom. The number of primary amides is 1. The predicted molar refractivity (Wildman–Crippen MR) is 94.9 cm³/mol. The van der Waals surface area contributed by atoms with Crippen LogP contribution in [0.3, 0.4) is 0 Å². The van der Waals surface area contributed by atoms with E-state index in [0.717, 1.165) is 24.9 Å². The fourth-order valence-electron chi connectivity index (χ4n) is 3.09. The van der Waals surface area contributed by atoms with Gasteiger partial charge in [-0.05, 0) is 36.7 Å². The van der Waals surface area contributed by atoms with Gasteiger partial charge in [0.2, 0.25) is 11.7 Å². The summed E-state index contributed by atoms with van der Waals surface area (Å²) in [5.41, 5.74) is 6.77. The largest absolute Gasteiger partial charge is 0.369 e. The molecule has 2 heterocycles. The van der Waals surface area contributed by atoms with Crippen LogP contribution in [0.4, 0.5) is 0 Å². The summed E-state index contributed by atoms with van der Waals surface area (Å²) < 4.78 is 0. The molecule has 1 unspecified atom stereocenters. The summed E-state index contributed by atoms with van der Waals surface area (Å²) in [5.74, 6) is 0.0683. The number of aromatic nitrogens is 4. The number of nitrogens with one attached hydrogen (secondary N) is 1. The van der Waals surface area contributed by atoms with Crippen molar-refractivity contribution in [2.45, 2.75) is 12.8 Å². The van der Waals surface area contributed by atoms with Crippen molar-refractivity contribution < 1.29 is 9.59 Å². The number of nitrogens with two attached hydrogens (primary N) is 1. The Morgan fingerprint density at radius 3 is 2.73 bits per heavy atom. The van der Waals surface area contributed by atoms with Crippen molar-refractivity contribution >= 4 is 11.8 Å². The molecule has 1 aromatic heterocycles. The first-order chi connectivity index (χ1) is 12.5. The molecule has 1 atom stereocenters. The second-order valence-electron chi connectivity index (χ2n) is 6.48. The van der Waals surface area contributed by atoms with Crippen molar-refractivity contribution in [2.75, 3.05) is 26.2 Å². The number of tetrazole rings is 1. The number of hydrogen-bond donors (Lipinski definition) is 2. The molecular weight excluding hydrogens is 334 g/mol. The standard InChI is InChI=1S/C17H23N7O2/c1-23-21-16(20-22-23)12-4-6-13(7-5-12)17(26)19-8-10-24-9-2-3-14(11-24)15(18)25/h4-7,14H,2-3,8-11H2,1H3,(H2,18,25)(H,19,26). The number of carbonyl (C=O) groups is 2. The van der Waals surface area contributed by atoms with E-state index in [-0.39, 0.29) is 17.7 Å². The van der Waals surface area contributed by atoms with Gasteiger partial charge in [0.1, 0.15) is 0 Å². The molecule has 0 spiro atoms. The highest BCUT2D eigenvalue weighted by Crippen LogP contribution is 2.16. The van der Waals surface area contributed by atoms with Gasteiger partial charge in [-0.1, -0.05) is 12.1 Å². The summed E-state index contributed by atoms with van der Waals surface area (Å²) in [4.78, 5) is 27.1. The number of aryl methyl sites for hydroxylation is 1. The van der Waals surface area contributed by atoms with Crippen LogP contribution in [0.5, 0.6) is 0 Å². The first kappa shape index (κ1) is 18.0. The molecule has 1 aliphatic heterocycles. The zero-order chi connectivity index (χ0) is 18.5. The molecule has 1 fully saturated rings. The summed E-state index contributed by atoms with van der Waals surface area (Å²) in [7, 11) is 1.70. The van der Waals surface area contributed by atoms with E-state index in [2.05, 4.69) is 25.6 Å². The van der Waals surface area contributed by atoms with Crippen LogP contribution in [0.1, 0.15) is 23.2 Å². The summed E-state index contributed by atoms with van der Waals surface area (Å²) >= 11 is 0. The highest BCUT2D eigenvalue weighted by Gasteiger charge is 2.23. The zero-order valence-corrected chi connectivity index (χ0v) is 14.8. The van der Waals surface area contributed by atoms with Gasteiger partial charge in [0, 0.05) is 30.8 Å². The summed E-state index contributed by atoms with van der Waals surface area (Å²) in [6.45, 7) is 2.83. The van der Waals surface area contributed by atoms with Crippen LogP contribution in [0.25, 0.3) is 11.4 Å². The summed E-state index contributed by atoms with van der Waals surface area (Å²) in [5, 5.41) is 14.8. The molecule has 3 N–H and O–H groups in total. The van der Waals surface area contributed by atoms with E-state index >= 15 is 0 Å². The molecule has 0 saturated carbocycles. The molecule has 3 rings (SSSR count). The Kier molecular flexibility index (Phi) is 5.57. The summed E-state index contributed by atoms with van der Waals surface area (Å²) in [6, 6.07) is 7.08. The van der Waals surface area contributed by atoms with Gasteiger partial charge in [0.05, 0.1) is 13.0 Å². The molecule has 1 aromatic carbocycles. The fraction of sp³-hybridized carbons (Fsp3) is 0.471.